The lowest BCUT2D eigenvalue weighted by atomic mass is 9.90. The molecule has 0 saturated carbocycles. The van der Waals surface area contributed by atoms with Crippen molar-refractivity contribution in [3.05, 3.63) is 11.7 Å². The van der Waals surface area contributed by atoms with Crippen molar-refractivity contribution in [3.8, 4) is 0 Å². The average molecular weight is 264 g/mol. The van der Waals surface area contributed by atoms with Gasteiger partial charge in [-0.3, -0.25) is 0 Å². The van der Waals surface area contributed by atoms with Gasteiger partial charge in [0.25, 0.3) is 0 Å². The van der Waals surface area contributed by atoms with Gasteiger partial charge in [-0.2, -0.15) is 4.98 Å². The molecule has 19 heavy (non-hydrogen) atoms. The molecule has 0 spiro atoms. The fourth-order valence-electron chi connectivity index (χ4n) is 3.46. The van der Waals surface area contributed by atoms with Crippen molar-refractivity contribution in [1.29, 1.82) is 0 Å². The summed E-state index contributed by atoms with van der Waals surface area (Å²) in [7, 11) is 2.24. The standard InChI is InChI=1S/C14H24N4O/c1-8(2)12(15)14-16-13(17-19-14)9-6-10-4-5-11(7-9)18(10)3/h8-12H,4-7,15H2,1-3H3/t9?,10?,11?,12-/m0/s1. The maximum atomic E-state index is 6.07. The minimum absolute atomic E-state index is 0.149. The summed E-state index contributed by atoms with van der Waals surface area (Å²) in [6.45, 7) is 4.15. The number of piperidine rings is 1. The third-order valence-electron chi connectivity index (χ3n) is 4.92. The average Bonchev–Trinajstić information content (AvgIpc) is 2.92. The largest absolute Gasteiger partial charge is 0.338 e. The molecule has 2 unspecified atom stereocenters. The Hall–Kier alpha value is -0.940. The van der Waals surface area contributed by atoms with Crippen LogP contribution in [0.2, 0.25) is 0 Å². The fourth-order valence-corrected chi connectivity index (χ4v) is 3.46. The summed E-state index contributed by atoms with van der Waals surface area (Å²) in [5.41, 5.74) is 6.07. The van der Waals surface area contributed by atoms with Crippen LogP contribution < -0.4 is 5.73 Å². The Morgan fingerprint density at radius 3 is 2.47 bits per heavy atom. The molecule has 0 radical (unpaired) electrons. The molecular formula is C14H24N4O. The summed E-state index contributed by atoms with van der Waals surface area (Å²) >= 11 is 0. The van der Waals surface area contributed by atoms with Gasteiger partial charge in [0.05, 0.1) is 6.04 Å². The Morgan fingerprint density at radius 1 is 1.26 bits per heavy atom. The smallest absolute Gasteiger partial charge is 0.243 e. The predicted molar refractivity (Wildman–Crippen MR) is 72.6 cm³/mol. The molecule has 5 nitrogen and oxygen atoms in total. The predicted octanol–water partition coefficient (Wildman–Crippen LogP) is 2.07. The Labute approximate surface area is 114 Å². The molecule has 5 heteroatoms. The molecule has 2 saturated heterocycles. The van der Waals surface area contributed by atoms with Gasteiger partial charge in [0, 0.05) is 18.0 Å². The number of hydrogen-bond donors (Lipinski definition) is 1. The summed E-state index contributed by atoms with van der Waals surface area (Å²) < 4.78 is 5.36. The first-order valence-corrected chi connectivity index (χ1v) is 7.37. The third-order valence-corrected chi connectivity index (χ3v) is 4.92. The van der Waals surface area contributed by atoms with Crippen molar-refractivity contribution >= 4 is 0 Å². The lowest BCUT2D eigenvalue weighted by molar-refractivity contribution is 0.157. The highest BCUT2D eigenvalue weighted by molar-refractivity contribution is 5.06. The second-order valence-electron chi connectivity index (χ2n) is 6.48. The van der Waals surface area contributed by atoms with Gasteiger partial charge in [-0.05, 0) is 38.6 Å². The van der Waals surface area contributed by atoms with Crippen LogP contribution in [0.4, 0.5) is 0 Å². The molecular weight excluding hydrogens is 240 g/mol. The summed E-state index contributed by atoms with van der Waals surface area (Å²) in [4.78, 5) is 7.08. The van der Waals surface area contributed by atoms with Gasteiger partial charge in [-0.1, -0.05) is 19.0 Å². The summed E-state index contributed by atoms with van der Waals surface area (Å²) in [6, 6.07) is 1.25. The molecule has 3 heterocycles. The van der Waals surface area contributed by atoms with Crippen LogP contribution in [0.15, 0.2) is 4.52 Å². The minimum Gasteiger partial charge on any atom is -0.338 e. The van der Waals surface area contributed by atoms with E-state index < -0.39 is 0 Å². The molecule has 2 aliphatic heterocycles. The van der Waals surface area contributed by atoms with Crippen LogP contribution in [-0.2, 0) is 0 Å². The lowest BCUT2D eigenvalue weighted by Crippen LogP contribution is -2.39. The fraction of sp³-hybridized carbons (Fsp3) is 0.857. The number of nitrogens with two attached hydrogens (primary N) is 1. The first-order valence-electron chi connectivity index (χ1n) is 7.37. The van der Waals surface area contributed by atoms with E-state index in [4.69, 9.17) is 10.3 Å². The van der Waals surface area contributed by atoms with Crippen LogP contribution in [-0.4, -0.2) is 34.2 Å². The van der Waals surface area contributed by atoms with Gasteiger partial charge in [0.2, 0.25) is 5.89 Å². The van der Waals surface area contributed by atoms with Crippen molar-refractivity contribution in [3.63, 3.8) is 0 Å². The van der Waals surface area contributed by atoms with E-state index in [1.54, 1.807) is 0 Å². The second-order valence-corrected chi connectivity index (χ2v) is 6.48. The topological polar surface area (TPSA) is 68.2 Å². The van der Waals surface area contributed by atoms with E-state index in [1.165, 1.54) is 12.8 Å². The Bertz CT molecular complexity index is 430. The van der Waals surface area contributed by atoms with Gasteiger partial charge in [0.15, 0.2) is 5.82 Å². The van der Waals surface area contributed by atoms with Crippen LogP contribution in [0.5, 0.6) is 0 Å². The molecule has 2 N–H and O–H groups in total. The lowest BCUT2D eigenvalue weighted by Gasteiger charge is -2.34. The molecule has 0 aromatic carbocycles. The van der Waals surface area contributed by atoms with Crippen molar-refractivity contribution in [2.45, 2.75) is 63.6 Å². The van der Waals surface area contributed by atoms with Crippen molar-refractivity contribution in [1.82, 2.24) is 15.0 Å². The molecule has 0 aliphatic carbocycles. The zero-order valence-electron chi connectivity index (χ0n) is 12.0. The summed E-state index contributed by atoms with van der Waals surface area (Å²) in [5.74, 6) is 2.24. The van der Waals surface area contributed by atoms with Gasteiger partial charge < -0.3 is 15.2 Å². The van der Waals surface area contributed by atoms with E-state index in [9.17, 15) is 0 Å². The van der Waals surface area contributed by atoms with E-state index in [2.05, 4.69) is 35.9 Å². The second kappa shape index (κ2) is 4.87. The minimum atomic E-state index is -0.149. The molecule has 2 fully saturated rings. The molecule has 3 atom stereocenters. The van der Waals surface area contributed by atoms with Crippen LogP contribution in [0.3, 0.4) is 0 Å². The maximum absolute atomic E-state index is 6.07. The molecule has 106 valence electrons. The van der Waals surface area contributed by atoms with Gasteiger partial charge in [0.1, 0.15) is 0 Å². The quantitative estimate of drug-likeness (QED) is 0.905. The summed E-state index contributed by atoms with van der Waals surface area (Å²) in [6.07, 6.45) is 4.94. The SMILES string of the molecule is CC(C)[C@H](N)c1nc(C2CC3CCC(C2)N3C)no1. The summed E-state index contributed by atoms with van der Waals surface area (Å²) in [5, 5.41) is 4.18. The number of fused-ring (bicyclic) bond motifs is 2. The molecule has 1 aromatic rings. The third kappa shape index (κ3) is 2.30. The first kappa shape index (κ1) is 13.1. The van der Waals surface area contributed by atoms with Crippen LogP contribution in [0.25, 0.3) is 0 Å². The number of aromatic nitrogens is 2. The molecule has 2 aliphatic rings. The van der Waals surface area contributed by atoms with Crippen LogP contribution in [0, 0.1) is 5.92 Å². The van der Waals surface area contributed by atoms with Gasteiger partial charge in [-0.15, -0.1) is 0 Å². The number of rotatable bonds is 3. The van der Waals surface area contributed by atoms with E-state index >= 15 is 0 Å². The molecule has 3 rings (SSSR count). The number of nitrogens with zero attached hydrogens (tertiary/aromatic N) is 3. The van der Waals surface area contributed by atoms with Crippen LogP contribution >= 0.6 is 0 Å². The first-order chi connectivity index (χ1) is 9.06. The highest BCUT2D eigenvalue weighted by Crippen LogP contribution is 2.41. The highest BCUT2D eigenvalue weighted by atomic mass is 16.5. The van der Waals surface area contributed by atoms with Gasteiger partial charge in [-0.25, -0.2) is 0 Å². The zero-order chi connectivity index (χ0) is 13.6. The Morgan fingerprint density at radius 2 is 1.89 bits per heavy atom. The van der Waals surface area contributed by atoms with E-state index in [0.717, 1.165) is 18.7 Å². The van der Waals surface area contributed by atoms with E-state index in [0.29, 0.717) is 29.8 Å². The Kier molecular flexibility index (Phi) is 3.35. The number of hydrogen-bond acceptors (Lipinski definition) is 5. The van der Waals surface area contributed by atoms with Crippen molar-refractivity contribution in [2.75, 3.05) is 7.05 Å². The highest BCUT2D eigenvalue weighted by Gasteiger charge is 2.40. The van der Waals surface area contributed by atoms with Crippen molar-refractivity contribution in [2.24, 2.45) is 11.7 Å². The maximum Gasteiger partial charge on any atom is 0.243 e. The Balaban J connectivity index is 1.74. The molecule has 0 amide bonds. The molecule has 1 aromatic heterocycles. The van der Waals surface area contributed by atoms with E-state index in [1.807, 2.05) is 0 Å². The normalized spacial score (nSPS) is 33.0. The van der Waals surface area contributed by atoms with Crippen LogP contribution in [0.1, 0.15) is 63.2 Å². The van der Waals surface area contributed by atoms with E-state index in [-0.39, 0.29) is 6.04 Å². The zero-order valence-corrected chi connectivity index (χ0v) is 12.0. The molecule has 2 bridgehead atoms. The monoisotopic (exact) mass is 264 g/mol. The van der Waals surface area contributed by atoms with Gasteiger partial charge >= 0.3 is 0 Å². The van der Waals surface area contributed by atoms with Crippen molar-refractivity contribution < 1.29 is 4.52 Å².